The van der Waals surface area contributed by atoms with Crippen LogP contribution in [0.2, 0.25) is 0 Å². The molecule has 0 saturated carbocycles. The zero-order valence-electron chi connectivity index (χ0n) is 14.2. The zero-order valence-corrected chi connectivity index (χ0v) is 14.2. The Morgan fingerprint density at radius 1 is 1.04 bits per heavy atom. The molecule has 0 aliphatic carbocycles. The number of carboxylic acid groups (broad SMARTS) is 1. The third-order valence-corrected chi connectivity index (χ3v) is 4.31. The van der Waals surface area contributed by atoms with Crippen LogP contribution < -0.4 is 14.5 Å². The molecule has 0 bridgehead atoms. The lowest BCUT2D eigenvalue weighted by Gasteiger charge is -2.37. The first-order valence-corrected chi connectivity index (χ1v) is 8.57. The summed E-state index contributed by atoms with van der Waals surface area (Å²) < 4.78 is 5.83. The molecule has 6 nitrogen and oxygen atoms in total. The van der Waals surface area contributed by atoms with Crippen molar-refractivity contribution in [1.82, 2.24) is 4.98 Å². The van der Waals surface area contributed by atoms with E-state index in [1.54, 1.807) is 0 Å². The monoisotopic (exact) mass is 341 g/mol. The van der Waals surface area contributed by atoms with Crippen LogP contribution in [-0.4, -0.2) is 48.8 Å². The van der Waals surface area contributed by atoms with Crippen molar-refractivity contribution in [3.63, 3.8) is 0 Å². The number of pyridine rings is 1. The molecule has 1 saturated heterocycles. The number of benzene rings is 1. The number of carboxylic acids is 1. The highest BCUT2D eigenvalue weighted by Gasteiger charge is 2.19. The molecule has 25 heavy (non-hydrogen) atoms. The van der Waals surface area contributed by atoms with E-state index in [2.05, 4.69) is 20.9 Å². The van der Waals surface area contributed by atoms with E-state index in [0.717, 1.165) is 37.6 Å². The van der Waals surface area contributed by atoms with Gasteiger partial charge in [0, 0.05) is 50.7 Å². The summed E-state index contributed by atoms with van der Waals surface area (Å²) in [6.07, 6.45) is 4.29. The lowest BCUT2D eigenvalue weighted by atomic mass is 10.2. The molecule has 6 heteroatoms. The van der Waals surface area contributed by atoms with Gasteiger partial charge in [0.05, 0.1) is 12.3 Å². The number of aliphatic carboxylic acids is 1. The van der Waals surface area contributed by atoms with Crippen molar-refractivity contribution in [3.05, 3.63) is 48.8 Å². The van der Waals surface area contributed by atoms with E-state index in [9.17, 15) is 4.79 Å². The summed E-state index contributed by atoms with van der Waals surface area (Å²) in [5, 5.41) is 8.72. The minimum atomic E-state index is -0.788. The van der Waals surface area contributed by atoms with Gasteiger partial charge in [-0.05, 0) is 30.7 Å². The summed E-state index contributed by atoms with van der Waals surface area (Å²) in [6, 6.07) is 12.0. The molecule has 1 aromatic carbocycles. The Kier molecular flexibility index (Phi) is 5.72. The van der Waals surface area contributed by atoms with E-state index in [-0.39, 0.29) is 6.42 Å². The van der Waals surface area contributed by atoms with Crippen LogP contribution >= 0.6 is 0 Å². The minimum Gasteiger partial charge on any atom is -0.491 e. The second-order valence-electron chi connectivity index (χ2n) is 5.99. The van der Waals surface area contributed by atoms with Crippen LogP contribution in [0.4, 0.5) is 11.4 Å². The van der Waals surface area contributed by atoms with Gasteiger partial charge in [-0.1, -0.05) is 12.1 Å². The molecule has 2 heterocycles. The molecule has 132 valence electrons. The smallest absolute Gasteiger partial charge is 0.303 e. The predicted octanol–water partition coefficient (Wildman–Crippen LogP) is 2.65. The summed E-state index contributed by atoms with van der Waals surface area (Å²) in [5.74, 6) is 0.0365. The molecule has 0 spiro atoms. The zero-order chi connectivity index (χ0) is 17.5. The molecule has 0 radical (unpaired) electrons. The maximum Gasteiger partial charge on any atom is 0.303 e. The van der Waals surface area contributed by atoms with Crippen molar-refractivity contribution in [3.8, 4) is 5.75 Å². The Bertz CT molecular complexity index is 685. The third-order valence-electron chi connectivity index (χ3n) is 4.31. The number of hydrogen-bond donors (Lipinski definition) is 1. The Labute approximate surface area is 147 Å². The van der Waals surface area contributed by atoms with Gasteiger partial charge in [-0.3, -0.25) is 9.78 Å². The van der Waals surface area contributed by atoms with E-state index >= 15 is 0 Å². The average molecular weight is 341 g/mol. The largest absolute Gasteiger partial charge is 0.491 e. The molecular weight excluding hydrogens is 318 g/mol. The fourth-order valence-corrected chi connectivity index (χ4v) is 3.01. The molecule has 3 rings (SSSR count). The number of piperazine rings is 1. The van der Waals surface area contributed by atoms with Crippen molar-refractivity contribution in [1.29, 1.82) is 0 Å². The first-order valence-electron chi connectivity index (χ1n) is 8.57. The van der Waals surface area contributed by atoms with Crippen LogP contribution in [0.25, 0.3) is 0 Å². The van der Waals surface area contributed by atoms with Crippen molar-refractivity contribution in [2.45, 2.75) is 12.8 Å². The maximum atomic E-state index is 10.6. The van der Waals surface area contributed by atoms with Gasteiger partial charge in [0.1, 0.15) is 5.75 Å². The standard InChI is InChI=1S/C19H23N3O3/c23-19(24)6-3-15-25-18-5-2-1-4-17(18)22-13-11-21(12-14-22)16-7-9-20-10-8-16/h1-2,4-5,7-10H,3,6,11-15H2,(H,23,24). The van der Waals surface area contributed by atoms with Gasteiger partial charge < -0.3 is 19.6 Å². The van der Waals surface area contributed by atoms with Crippen molar-refractivity contribution in [2.75, 3.05) is 42.6 Å². The van der Waals surface area contributed by atoms with Crippen LogP contribution in [0.15, 0.2) is 48.8 Å². The number of nitrogens with zero attached hydrogens (tertiary/aromatic N) is 3. The highest BCUT2D eigenvalue weighted by molar-refractivity contribution is 5.66. The Balaban J connectivity index is 1.58. The highest BCUT2D eigenvalue weighted by Crippen LogP contribution is 2.29. The number of para-hydroxylation sites is 2. The molecule has 0 unspecified atom stereocenters. The molecule has 1 aliphatic rings. The SMILES string of the molecule is O=C(O)CCCOc1ccccc1N1CCN(c2ccncc2)CC1. The lowest BCUT2D eigenvalue weighted by molar-refractivity contribution is -0.137. The molecule has 0 amide bonds. The first kappa shape index (κ1) is 17.1. The van der Waals surface area contributed by atoms with Gasteiger partial charge >= 0.3 is 5.97 Å². The van der Waals surface area contributed by atoms with Crippen molar-refractivity contribution >= 4 is 17.3 Å². The summed E-state index contributed by atoms with van der Waals surface area (Å²) in [4.78, 5) is 19.3. The second kappa shape index (κ2) is 8.37. The highest BCUT2D eigenvalue weighted by atomic mass is 16.5. The Morgan fingerprint density at radius 3 is 2.44 bits per heavy atom. The molecule has 1 fully saturated rings. The number of rotatable bonds is 7. The van der Waals surface area contributed by atoms with E-state index in [4.69, 9.17) is 9.84 Å². The Morgan fingerprint density at radius 2 is 1.72 bits per heavy atom. The maximum absolute atomic E-state index is 10.6. The van der Waals surface area contributed by atoms with Gasteiger partial charge in [-0.25, -0.2) is 0 Å². The number of anilines is 2. The lowest BCUT2D eigenvalue weighted by Crippen LogP contribution is -2.46. The number of ether oxygens (including phenoxy) is 1. The molecule has 1 aromatic heterocycles. The number of aromatic nitrogens is 1. The first-order chi connectivity index (χ1) is 12.2. The van der Waals surface area contributed by atoms with Crippen LogP contribution in [0.5, 0.6) is 5.75 Å². The third kappa shape index (κ3) is 4.62. The minimum absolute atomic E-state index is 0.132. The topological polar surface area (TPSA) is 65.9 Å². The van der Waals surface area contributed by atoms with Gasteiger partial charge in [-0.2, -0.15) is 0 Å². The van der Waals surface area contributed by atoms with Crippen molar-refractivity contribution in [2.24, 2.45) is 0 Å². The summed E-state index contributed by atoms with van der Waals surface area (Å²) in [6.45, 7) is 4.13. The van der Waals surface area contributed by atoms with Crippen LogP contribution in [0, 0.1) is 0 Å². The van der Waals surface area contributed by atoms with Gasteiger partial charge in [0.25, 0.3) is 0 Å². The van der Waals surface area contributed by atoms with E-state index in [1.807, 2.05) is 42.7 Å². The normalized spacial score (nSPS) is 14.4. The van der Waals surface area contributed by atoms with Crippen LogP contribution in [0.3, 0.4) is 0 Å². The Hall–Kier alpha value is -2.76. The predicted molar refractivity (Wildman–Crippen MR) is 97.5 cm³/mol. The average Bonchev–Trinajstić information content (AvgIpc) is 2.66. The fourth-order valence-electron chi connectivity index (χ4n) is 3.01. The van der Waals surface area contributed by atoms with E-state index in [1.165, 1.54) is 5.69 Å². The molecular formula is C19H23N3O3. The van der Waals surface area contributed by atoms with E-state index < -0.39 is 5.97 Å². The molecule has 1 aliphatic heterocycles. The summed E-state index contributed by atoms with van der Waals surface area (Å²) >= 11 is 0. The van der Waals surface area contributed by atoms with Gasteiger partial charge in [-0.15, -0.1) is 0 Å². The molecule has 1 N–H and O–H groups in total. The molecule has 0 atom stereocenters. The van der Waals surface area contributed by atoms with Crippen LogP contribution in [0.1, 0.15) is 12.8 Å². The van der Waals surface area contributed by atoms with Gasteiger partial charge in [0.2, 0.25) is 0 Å². The summed E-state index contributed by atoms with van der Waals surface area (Å²) in [7, 11) is 0. The number of hydrogen-bond acceptors (Lipinski definition) is 5. The number of carbonyl (C=O) groups is 1. The second-order valence-corrected chi connectivity index (χ2v) is 5.99. The van der Waals surface area contributed by atoms with E-state index in [0.29, 0.717) is 13.0 Å². The van der Waals surface area contributed by atoms with Gasteiger partial charge in [0.15, 0.2) is 0 Å². The fraction of sp³-hybridized carbons (Fsp3) is 0.368. The van der Waals surface area contributed by atoms with Crippen LogP contribution in [-0.2, 0) is 4.79 Å². The van der Waals surface area contributed by atoms with Crippen molar-refractivity contribution < 1.29 is 14.6 Å². The quantitative estimate of drug-likeness (QED) is 0.781. The summed E-state index contributed by atoms with van der Waals surface area (Å²) in [5.41, 5.74) is 2.28. The molecule has 2 aromatic rings.